The van der Waals surface area contributed by atoms with Gasteiger partial charge in [0, 0.05) is 37.8 Å². The van der Waals surface area contributed by atoms with Crippen LogP contribution in [-0.4, -0.2) is 61.1 Å². The van der Waals surface area contributed by atoms with Gasteiger partial charge in [-0.15, -0.1) is 0 Å². The average molecular weight is 353 g/mol. The van der Waals surface area contributed by atoms with Crippen LogP contribution in [0.5, 0.6) is 0 Å². The number of carbonyl (C=O) groups excluding carboxylic acids is 1. The highest BCUT2D eigenvalue weighted by Crippen LogP contribution is 2.47. The van der Waals surface area contributed by atoms with Crippen LogP contribution >= 0.6 is 0 Å². The van der Waals surface area contributed by atoms with Gasteiger partial charge in [-0.1, -0.05) is 12.1 Å². The number of likely N-dealkylation sites (tertiary alicyclic amines) is 1. The van der Waals surface area contributed by atoms with Crippen molar-refractivity contribution in [2.24, 2.45) is 0 Å². The number of morpholine rings is 1. The van der Waals surface area contributed by atoms with Gasteiger partial charge in [0.05, 0.1) is 24.7 Å². The Morgan fingerprint density at radius 2 is 1.88 bits per heavy atom. The van der Waals surface area contributed by atoms with E-state index in [1.54, 1.807) is 0 Å². The van der Waals surface area contributed by atoms with Crippen molar-refractivity contribution in [3.63, 3.8) is 0 Å². The largest absolute Gasteiger partial charge is 0.379 e. The molecule has 5 heteroatoms. The maximum atomic E-state index is 13.1. The van der Waals surface area contributed by atoms with Crippen LogP contribution in [0.4, 0.5) is 0 Å². The Morgan fingerprint density at radius 3 is 2.54 bits per heavy atom. The van der Waals surface area contributed by atoms with Crippen LogP contribution in [-0.2, 0) is 10.2 Å². The van der Waals surface area contributed by atoms with E-state index < -0.39 is 0 Å². The number of nitriles is 1. The summed E-state index contributed by atoms with van der Waals surface area (Å²) in [4.78, 5) is 17.6. The number of benzene rings is 1. The van der Waals surface area contributed by atoms with Gasteiger partial charge in [0.25, 0.3) is 5.91 Å². The van der Waals surface area contributed by atoms with Crippen molar-refractivity contribution >= 4 is 5.91 Å². The van der Waals surface area contributed by atoms with Crippen molar-refractivity contribution in [3.8, 4) is 6.07 Å². The first-order valence-corrected chi connectivity index (χ1v) is 9.85. The summed E-state index contributed by atoms with van der Waals surface area (Å²) in [7, 11) is 0. The molecule has 1 atom stereocenters. The molecule has 3 fully saturated rings. The molecule has 5 nitrogen and oxygen atoms in total. The van der Waals surface area contributed by atoms with Crippen LogP contribution in [0.25, 0.3) is 0 Å². The van der Waals surface area contributed by atoms with E-state index in [4.69, 9.17) is 4.74 Å². The van der Waals surface area contributed by atoms with E-state index in [2.05, 4.69) is 15.9 Å². The highest BCUT2D eigenvalue weighted by Gasteiger charge is 2.44. The van der Waals surface area contributed by atoms with Crippen LogP contribution in [0, 0.1) is 11.3 Å². The molecule has 1 unspecified atom stereocenters. The zero-order valence-corrected chi connectivity index (χ0v) is 15.3. The van der Waals surface area contributed by atoms with E-state index >= 15 is 0 Å². The molecular weight excluding hydrogens is 326 g/mol. The van der Waals surface area contributed by atoms with E-state index in [0.717, 1.165) is 76.2 Å². The molecule has 26 heavy (non-hydrogen) atoms. The summed E-state index contributed by atoms with van der Waals surface area (Å²) in [5.74, 6) is 0.135. The quantitative estimate of drug-likeness (QED) is 0.835. The number of amides is 1. The second-order valence-electron chi connectivity index (χ2n) is 7.83. The van der Waals surface area contributed by atoms with Crippen molar-refractivity contribution in [3.05, 3.63) is 35.4 Å². The minimum atomic E-state index is -0.286. The standard InChI is InChI=1S/C21H27N3O2/c22-16-21(8-9-21)18-6-4-17(5-7-18)20(25)24-10-2-1-3-19(24)15-23-11-13-26-14-12-23/h4-7,19H,1-3,8-15H2. The third kappa shape index (κ3) is 3.49. The van der Waals surface area contributed by atoms with Gasteiger partial charge in [-0.2, -0.15) is 5.26 Å². The summed E-state index contributed by atoms with van der Waals surface area (Å²) in [5.41, 5.74) is 1.52. The Kier molecular flexibility index (Phi) is 4.97. The molecule has 1 aliphatic carbocycles. The van der Waals surface area contributed by atoms with Gasteiger partial charge < -0.3 is 9.64 Å². The normalized spacial score (nSPS) is 25.5. The molecule has 2 heterocycles. The molecule has 1 aromatic carbocycles. The molecule has 0 bridgehead atoms. The zero-order chi connectivity index (χ0) is 18.0. The molecule has 1 aromatic rings. The second-order valence-corrected chi connectivity index (χ2v) is 7.83. The molecule has 1 amide bonds. The topological polar surface area (TPSA) is 56.6 Å². The van der Waals surface area contributed by atoms with E-state index in [-0.39, 0.29) is 11.3 Å². The number of rotatable bonds is 4. The Bertz CT molecular complexity index is 684. The fraction of sp³-hybridized carbons (Fsp3) is 0.619. The first-order valence-electron chi connectivity index (χ1n) is 9.85. The van der Waals surface area contributed by atoms with Crippen LogP contribution in [0.1, 0.15) is 48.0 Å². The van der Waals surface area contributed by atoms with Crippen LogP contribution in [0.15, 0.2) is 24.3 Å². The van der Waals surface area contributed by atoms with Gasteiger partial charge in [-0.05, 0) is 49.8 Å². The van der Waals surface area contributed by atoms with Gasteiger partial charge in [-0.25, -0.2) is 0 Å². The van der Waals surface area contributed by atoms with Crippen LogP contribution in [0.2, 0.25) is 0 Å². The average Bonchev–Trinajstić information content (AvgIpc) is 3.50. The lowest BCUT2D eigenvalue weighted by atomic mass is 9.95. The minimum absolute atomic E-state index is 0.135. The second kappa shape index (κ2) is 7.38. The molecule has 138 valence electrons. The van der Waals surface area contributed by atoms with Gasteiger partial charge in [-0.3, -0.25) is 9.69 Å². The maximum absolute atomic E-state index is 13.1. The molecule has 4 rings (SSSR count). The molecule has 2 aliphatic heterocycles. The van der Waals surface area contributed by atoms with E-state index in [1.165, 1.54) is 6.42 Å². The number of nitrogens with zero attached hydrogens (tertiary/aromatic N) is 3. The van der Waals surface area contributed by atoms with Crippen molar-refractivity contribution < 1.29 is 9.53 Å². The van der Waals surface area contributed by atoms with Crippen molar-refractivity contribution in [1.82, 2.24) is 9.80 Å². The number of hydrogen-bond donors (Lipinski definition) is 0. The molecule has 2 saturated heterocycles. The highest BCUT2D eigenvalue weighted by molar-refractivity contribution is 5.94. The van der Waals surface area contributed by atoms with E-state index in [0.29, 0.717) is 6.04 Å². The minimum Gasteiger partial charge on any atom is -0.379 e. The molecule has 1 saturated carbocycles. The predicted molar refractivity (Wildman–Crippen MR) is 98.9 cm³/mol. The molecule has 0 N–H and O–H groups in total. The predicted octanol–water partition coefficient (Wildman–Crippen LogP) is 2.57. The smallest absolute Gasteiger partial charge is 0.254 e. The van der Waals surface area contributed by atoms with Gasteiger partial charge in [0.15, 0.2) is 0 Å². The fourth-order valence-corrected chi connectivity index (χ4v) is 4.23. The summed E-state index contributed by atoms with van der Waals surface area (Å²) in [6, 6.07) is 10.5. The third-order valence-corrected chi connectivity index (χ3v) is 6.11. The number of ether oxygens (including phenoxy) is 1. The summed E-state index contributed by atoms with van der Waals surface area (Å²) < 4.78 is 5.44. The summed E-state index contributed by atoms with van der Waals surface area (Å²) >= 11 is 0. The van der Waals surface area contributed by atoms with Crippen LogP contribution in [0.3, 0.4) is 0 Å². The monoisotopic (exact) mass is 353 g/mol. The van der Waals surface area contributed by atoms with Crippen LogP contribution < -0.4 is 0 Å². The molecule has 0 aromatic heterocycles. The highest BCUT2D eigenvalue weighted by atomic mass is 16.5. The number of carbonyl (C=O) groups is 1. The molecular formula is C21H27N3O2. The lowest BCUT2D eigenvalue weighted by Crippen LogP contribution is -2.51. The fourth-order valence-electron chi connectivity index (χ4n) is 4.23. The third-order valence-electron chi connectivity index (χ3n) is 6.11. The zero-order valence-electron chi connectivity index (χ0n) is 15.3. The maximum Gasteiger partial charge on any atom is 0.254 e. The first-order chi connectivity index (χ1) is 12.7. The number of hydrogen-bond acceptors (Lipinski definition) is 4. The Labute approximate surface area is 155 Å². The molecule has 0 spiro atoms. The summed E-state index contributed by atoms with van der Waals surface area (Å²) in [6.45, 7) is 5.31. The number of piperidine rings is 1. The van der Waals surface area contributed by atoms with E-state index in [1.807, 2.05) is 24.3 Å². The first kappa shape index (κ1) is 17.5. The van der Waals surface area contributed by atoms with Gasteiger partial charge in [0.1, 0.15) is 0 Å². The Balaban J connectivity index is 1.45. The van der Waals surface area contributed by atoms with Gasteiger partial charge >= 0.3 is 0 Å². The molecule has 3 aliphatic rings. The molecule has 0 radical (unpaired) electrons. The van der Waals surface area contributed by atoms with Crippen molar-refractivity contribution in [2.75, 3.05) is 39.4 Å². The van der Waals surface area contributed by atoms with Crippen molar-refractivity contribution in [2.45, 2.75) is 43.6 Å². The lowest BCUT2D eigenvalue weighted by Gasteiger charge is -2.39. The summed E-state index contributed by atoms with van der Waals surface area (Å²) in [5, 5.41) is 9.34. The van der Waals surface area contributed by atoms with E-state index in [9.17, 15) is 10.1 Å². The SMILES string of the molecule is N#CC1(c2ccc(C(=O)N3CCCCC3CN3CCOCC3)cc2)CC1. The lowest BCUT2D eigenvalue weighted by molar-refractivity contribution is 0.0166. The van der Waals surface area contributed by atoms with Crippen molar-refractivity contribution in [1.29, 1.82) is 5.26 Å². The summed E-state index contributed by atoms with van der Waals surface area (Å²) in [6.07, 6.45) is 5.23. The Hall–Kier alpha value is -1.90. The van der Waals surface area contributed by atoms with Gasteiger partial charge in [0.2, 0.25) is 0 Å². The Morgan fingerprint density at radius 1 is 1.15 bits per heavy atom.